The molecule has 1 aliphatic rings. The molecule has 0 spiro atoms. The topological polar surface area (TPSA) is 55.6 Å². The average molecular weight is 350 g/mol. The zero-order valence-electron chi connectivity index (χ0n) is 14.6. The van der Waals surface area contributed by atoms with Crippen molar-refractivity contribution in [2.75, 3.05) is 13.2 Å². The smallest absolute Gasteiger partial charge is 0.197 e. The number of pyridine rings is 1. The first-order valence-electron chi connectivity index (χ1n) is 9.03. The van der Waals surface area contributed by atoms with E-state index in [9.17, 15) is 4.79 Å². The molecule has 134 valence electrons. The van der Waals surface area contributed by atoms with Crippen LogP contribution in [0, 0.1) is 0 Å². The predicted molar refractivity (Wildman–Crippen MR) is 99.8 cm³/mol. The quantitative estimate of drug-likeness (QED) is 0.682. The van der Waals surface area contributed by atoms with Crippen molar-refractivity contribution in [1.29, 1.82) is 0 Å². The third-order valence-corrected chi connectivity index (χ3v) is 4.74. The maximum Gasteiger partial charge on any atom is 0.197 e. The van der Waals surface area contributed by atoms with Gasteiger partial charge in [0.25, 0.3) is 0 Å². The van der Waals surface area contributed by atoms with Crippen LogP contribution in [-0.2, 0) is 17.8 Å². The highest BCUT2D eigenvalue weighted by molar-refractivity contribution is 5.76. The number of rotatable bonds is 6. The molecular weight excluding hydrogens is 328 g/mol. The Hall–Kier alpha value is -2.50. The Bertz CT molecular complexity index is 917. The van der Waals surface area contributed by atoms with E-state index >= 15 is 0 Å². The largest absolute Gasteiger partial charge is 0.464 e. The van der Waals surface area contributed by atoms with Gasteiger partial charge in [-0.1, -0.05) is 18.2 Å². The number of aromatic nitrogens is 1. The lowest BCUT2D eigenvalue weighted by Gasteiger charge is -2.24. The van der Waals surface area contributed by atoms with E-state index in [2.05, 4.69) is 9.88 Å². The lowest BCUT2D eigenvalue weighted by atomic mass is 10.1. The molecule has 1 aliphatic heterocycles. The van der Waals surface area contributed by atoms with E-state index in [-0.39, 0.29) is 11.5 Å². The van der Waals surface area contributed by atoms with E-state index in [1.807, 2.05) is 42.5 Å². The number of benzene rings is 1. The van der Waals surface area contributed by atoms with E-state index in [0.29, 0.717) is 29.6 Å². The van der Waals surface area contributed by atoms with E-state index < -0.39 is 0 Å². The summed E-state index contributed by atoms with van der Waals surface area (Å²) in [6.07, 6.45) is 5.76. The number of hydrogen-bond donors (Lipinski definition) is 0. The summed E-state index contributed by atoms with van der Waals surface area (Å²) in [6.45, 7) is 2.79. The fourth-order valence-electron chi connectivity index (χ4n) is 3.45. The van der Waals surface area contributed by atoms with Crippen molar-refractivity contribution in [3.8, 4) is 0 Å². The van der Waals surface area contributed by atoms with Gasteiger partial charge in [-0.3, -0.25) is 14.7 Å². The normalized spacial score (nSPS) is 17.2. The maximum absolute atomic E-state index is 12.8. The van der Waals surface area contributed by atoms with Crippen LogP contribution in [0.4, 0.5) is 0 Å². The van der Waals surface area contributed by atoms with Crippen LogP contribution in [0.15, 0.2) is 64.1 Å². The van der Waals surface area contributed by atoms with Gasteiger partial charge in [0.2, 0.25) is 0 Å². The molecule has 1 fully saturated rings. The second-order valence-electron chi connectivity index (χ2n) is 6.71. The van der Waals surface area contributed by atoms with Gasteiger partial charge in [0, 0.05) is 38.0 Å². The van der Waals surface area contributed by atoms with Crippen LogP contribution in [0.2, 0.25) is 0 Å². The van der Waals surface area contributed by atoms with Crippen LogP contribution in [0.25, 0.3) is 11.0 Å². The molecule has 0 radical (unpaired) electrons. The third kappa shape index (κ3) is 3.84. The fraction of sp³-hybridized carbons (Fsp3) is 0.333. The maximum atomic E-state index is 12.8. The highest BCUT2D eigenvalue weighted by Gasteiger charge is 2.21. The molecule has 3 aromatic rings. The van der Waals surface area contributed by atoms with Crippen LogP contribution in [0.3, 0.4) is 0 Å². The summed E-state index contributed by atoms with van der Waals surface area (Å²) >= 11 is 0. The SMILES string of the molecule is O=c1c(CN(Cc2ccccn2)CC2CCCO2)coc2ccccc12. The van der Waals surface area contributed by atoms with Crippen LogP contribution in [0.5, 0.6) is 0 Å². The molecule has 0 N–H and O–H groups in total. The Balaban J connectivity index is 1.59. The van der Waals surface area contributed by atoms with E-state index in [0.717, 1.165) is 31.7 Å². The summed E-state index contributed by atoms with van der Waals surface area (Å²) in [5.74, 6) is 0. The van der Waals surface area contributed by atoms with Gasteiger partial charge in [-0.05, 0) is 37.1 Å². The summed E-state index contributed by atoms with van der Waals surface area (Å²) in [6, 6.07) is 13.3. The van der Waals surface area contributed by atoms with Crippen LogP contribution in [-0.4, -0.2) is 29.1 Å². The highest BCUT2D eigenvalue weighted by Crippen LogP contribution is 2.17. The predicted octanol–water partition coefficient (Wildman–Crippen LogP) is 3.37. The fourth-order valence-corrected chi connectivity index (χ4v) is 3.45. The van der Waals surface area contributed by atoms with Gasteiger partial charge >= 0.3 is 0 Å². The van der Waals surface area contributed by atoms with Crippen molar-refractivity contribution in [3.63, 3.8) is 0 Å². The monoisotopic (exact) mass is 350 g/mol. The van der Waals surface area contributed by atoms with Gasteiger partial charge in [-0.25, -0.2) is 0 Å². The lowest BCUT2D eigenvalue weighted by molar-refractivity contribution is 0.0672. The van der Waals surface area contributed by atoms with Gasteiger partial charge in [0.15, 0.2) is 5.43 Å². The van der Waals surface area contributed by atoms with Crippen LogP contribution in [0.1, 0.15) is 24.1 Å². The van der Waals surface area contributed by atoms with E-state index in [4.69, 9.17) is 9.15 Å². The van der Waals surface area contributed by atoms with Crippen LogP contribution >= 0.6 is 0 Å². The second-order valence-corrected chi connectivity index (χ2v) is 6.71. The number of fused-ring (bicyclic) bond motifs is 1. The van der Waals surface area contributed by atoms with Gasteiger partial charge < -0.3 is 9.15 Å². The molecule has 26 heavy (non-hydrogen) atoms. The van der Waals surface area contributed by atoms with Crippen molar-refractivity contribution >= 4 is 11.0 Å². The lowest BCUT2D eigenvalue weighted by Crippen LogP contribution is -2.33. The van der Waals surface area contributed by atoms with Gasteiger partial charge in [0.1, 0.15) is 5.58 Å². The molecule has 5 heteroatoms. The average Bonchev–Trinajstić information content (AvgIpc) is 3.18. The zero-order chi connectivity index (χ0) is 17.8. The molecule has 0 bridgehead atoms. The van der Waals surface area contributed by atoms with Crippen molar-refractivity contribution < 1.29 is 9.15 Å². The van der Waals surface area contributed by atoms with Crippen molar-refractivity contribution in [1.82, 2.24) is 9.88 Å². The van der Waals surface area contributed by atoms with Crippen molar-refractivity contribution in [2.45, 2.75) is 32.0 Å². The minimum Gasteiger partial charge on any atom is -0.464 e. The molecule has 3 heterocycles. The highest BCUT2D eigenvalue weighted by atomic mass is 16.5. The van der Waals surface area contributed by atoms with E-state index in [1.165, 1.54) is 0 Å². The molecule has 0 saturated carbocycles. The Morgan fingerprint density at radius 3 is 2.81 bits per heavy atom. The number of hydrogen-bond acceptors (Lipinski definition) is 5. The molecule has 1 atom stereocenters. The molecule has 5 nitrogen and oxygen atoms in total. The minimum absolute atomic E-state index is 0.0326. The van der Waals surface area contributed by atoms with Gasteiger partial charge in [0.05, 0.1) is 23.4 Å². The molecule has 1 unspecified atom stereocenters. The first-order chi connectivity index (χ1) is 12.8. The van der Waals surface area contributed by atoms with E-state index in [1.54, 1.807) is 12.5 Å². The van der Waals surface area contributed by atoms with Crippen molar-refractivity contribution in [3.05, 3.63) is 76.4 Å². The summed E-state index contributed by atoms with van der Waals surface area (Å²) in [4.78, 5) is 19.5. The number of nitrogens with zero attached hydrogens (tertiary/aromatic N) is 2. The van der Waals surface area contributed by atoms with Gasteiger partial charge in [-0.2, -0.15) is 0 Å². The molecule has 0 amide bonds. The standard InChI is InChI=1S/C21H22N2O3/c24-21-16(15-26-20-9-2-1-8-19(20)21)12-23(14-18-7-5-11-25-18)13-17-6-3-4-10-22-17/h1-4,6,8-10,15,18H,5,7,11-14H2. The first kappa shape index (κ1) is 16.9. The van der Waals surface area contributed by atoms with Gasteiger partial charge in [-0.15, -0.1) is 0 Å². The van der Waals surface area contributed by atoms with Crippen LogP contribution < -0.4 is 5.43 Å². The second kappa shape index (κ2) is 7.81. The summed E-state index contributed by atoms with van der Waals surface area (Å²) in [5, 5.41) is 0.625. The summed E-state index contributed by atoms with van der Waals surface area (Å²) in [7, 11) is 0. The molecule has 4 rings (SSSR count). The summed E-state index contributed by atoms with van der Waals surface area (Å²) in [5.41, 5.74) is 2.30. The summed E-state index contributed by atoms with van der Waals surface area (Å²) < 4.78 is 11.5. The molecular formula is C21H22N2O3. The van der Waals surface area contributed by atoms with Crippen molar-refractivity contribution in [2.24, 2.45) is 0 Å². The Labute approximate surface area is 152 Å². The minimum atomic E-state index is 0.0326. The Morgan fingerprint density at radius 1 is 1.12 bits per heavy atom. The molecule has 2 aromatic heterocycles. The Morgan fingerprint density at radius 2 is 2.00 bits per heavy atom. The number of para-hydroxylation sites is 1. The Kier molecular flexibility index (Phi) is 5.09. The third-order valence-electron chi connectivity index (χ3n) is 4.74. The number of ether oxygens (including phenoxy) is 1. The molecule has 0 aliphatic carbocycles. The molecule has 1 saturated heterocycles. The molecule has 1 aromatic carbocycles. The zero-order valence-corrected chi connectivity index (χ0v) is 14.6. The first-order valence-corrected chi connectivity index (χ1v) is 9.03.